The van der Waals surface area contributed by atoms with Crippen LogP contribution in [-0.2, 0) is 4.74 Å². The molecule has 2 amide bonds. The maximum atomic E-state index is 12.5. The van der Waals surface area contributed by atoms with Crippen molar-refractivity contribution in [3.63, 3.8) is 0 Å². The number of hydrogen-bond acceptors (Lipinski definition) is 4. The van der Waals surface area contributed by atoms with E-state index in [9.17, 15) is 9.59 Å². The van der Waals surface area contributed by atoms with Gasteiger partial charge in [0.05, 0.1) is 12.7 Å². The Balaban J connectivity index is 1.61. The summed E-state index contributed by atoms with van der Waals surface area (Å²) < 4.78 is 10.9. The molecule has 3 rings (SSSR count). The van der Waals surface area contributed by atoms with Crippen LogP contribution in [0.5, 0.6) is 5.75 Å². The molecule has 0 saturated carbocycles. The molecular weight excluding hydrogens is 344 g/mol. The number of benzene rings is 2. The lowest BCUT2D eigenvalue weighted by atomic mass is 10.1. The van der Waals surface area contributed by atoms with Crippen LogP contribution in [0.3, 0.4) is 0 Å². The van der Waals surface area contributed by atoms with Crippen molar-refractivity contribution >= 4 is 17.5 Å². The molecule has 6 nitrogen and oxygen atoms in total. The van der Waals surface area contributed by atoms with Crippen molar-refractivity contribution in [1.29, 1.82) is 0 Å². The third-order valence-electron chi connectivity index (χ3n) is 4.30. The predicted molar refractivity (Wildman–Crippen MR) is 103 cm³/mol. The van der Waals surface area contributed by atoms with Crippen LogP contribution >= 0.6 is 0 Å². The summed E-state index contributed by atoms with van der Waals surface area (Å²) in [6.07, 6.45) is 2.10. The highest BCUT2D eigenvalue weighted by molar-refractivity contribution is 6.05. The van der Waals surface area contributed by atoms with Crippen molar-refractivity contribution in [2.24, 2.45) is 0 Å². The number of anilines is 1. The van der Waals surface area contributed by atoms with Gasteiger partial charge in [0.2, 0.25) is 0 Å². The van der Waals surface area contributed by atoms with Crippen molar-refractivity contribution < 1.29 is 19.1 Å². The molecular formula is C21H24N2O4. The van der Waals surface area contributed by atoms with E-state index < -0.39 is 0 Å². The first-order valence-corrected chi connectivity index (χ1v) is 9.20. The van der Waals surface area contributed by atoms with E-state index in [1.54, 1.807) is 48.5 Å². The maximum absolute atomic E-state index is 12.5. The second-order valence-corrected chi connectivity index (χ2v) is 6.34. The van der Waals surface area contributed by atoms with E-state index in [1.807, 2.05) is 6.92 Å². The lowest BCUT2D eigenvalue weighted by Crippen LogP contribution is -2.31. The van der Waals surface area contributed by atoms with Crippen molar-refractivity contribution in [3.05, 3.63) is 59.7 Å². The molecule has 6 heteroatoms. The molecule has 1 heterocycles. The number of hydrogen-bond donors (Lipinski definition) is 2. The van der Waals surface area contributed by atoms with Gasteiger partial charge in [-0.1, -0.05) is 12.1 Å². The molecule has 0 aliphatic carbocycles. The Hall–Kier alpha value is -2.86. The van der Waals surface area contributed by atoms with Crippen LogP contribution in [0.25, 0.3) is 0 Å². The third-order valence-corrected chi connectivity index (χ3v) is 4.30. The average Bonchev–Trinajstić information content (AvgIpc) is 3.20. The molecule has 1 aliphatic heterocycles. The summed E-state index contributed by atoms with van der Waals surface area (Å²) >= 11 is 0. The van der Waals surface area contributed by atoms with Gasteiger partial charge in [0, 0.05) is 30.0 Å². The summed E-state index contributed by atoms with van der Waals surface area (Å²) in [7, 11) is 0. The summed E-state index contributed by atoms with van der Waals surface area (Å²) in [4.78, 5) is 24.8. The molecule has 1 aliphatic rings. The molecule has 142 valence electrons. The van der Waals surface area contributed by atoms with E-state index >= 15 is 0 Å². The van der Waals surface area contributed by atoms with Gasteiger partial charge in [-0.05, 0) is 56.2 Å². The molecule has 2 aromatic carbocycles. The van der Waals surface area contributed by atoms with Gasteiger partial charge in [-0.25, -0.2) is 0 Å². The van der Waals surface area contributed by atoms with Gasteiger partial charge in [-0.3, -0.25) is 9.59 Å². The van der Waals surface area contributed by atoms with Crippen molar-refractivity contribution in [3.8, 4) is 5.75 Å². The lowest BCUT2D eigenvalue weighted by Gasteiger charge is -2.12. The zero-order valence-electron chi connectivity index (χ0n) is 15.4. The summed E-state index contributed by atoms with van der Waals surface area (Å²) in [6, 6.07) is 13.9. The molecule has 1 saturated heterocycles. The smallest absolute Gasteiger partial charge is 0.255 e. The number of ether oxygens (including phenoxy) is 2. The highest BCUT2D eigenvalue weighted by atomic mass is 16.5. The van der Waals surface area contributed by atoms with E-state index in [4.69, 9.17) is 9.47 Å². The number of carbonyl (C=O) groups is 2. The Kier molecular flexibility index (Phi) is 6.44. The van der Waals surface area contributed by atoms with Gasteiger partial charge >= 0.3 is 0 Å². The Bertz CT molecular complexity index is 800. The average molecular weight is 368 g/mol. The van der Waals surface area contributed by atoms with E-state index in [-0.39, 0.29) is 17.9 Å². The Morgan fingerprint density at radius 2 is 1.89 bits per heavy atom. The first kappa shape index (κ1) is 18.9. The lowest BCUT2D eigenvalue weighted by molar-refractivity contribution is 0.0857. The van der Waals surface area contributed by atoms with Crippen LogP contribution in [0.2, 0.25) is 0 Å². The molecule has 1 fully saturated rings. The van der Waals surface area contributed by atoms with Crippen LogP contribution in [0.4, 0.5) is 5.69 Å². The molecule has 0 spiro atoms. The monoisotopic (exact) mass is 368 g/mol. The number of carbonyl (C=O) groups excluding carboxylic acids is 2. The second-order valence-electron chi connectivity index (χ2n) is 6.34. The molecule has 0 aromatic heterocycles. The van der Waals surface area contributed by atoms with E-state index in [1.165, 1.54) is 0 Å². The highest BCUT2D eigenvalue weighted by Gasteiger charge is 2.17. The van der Waals surface area contributed by atoms with Gasteiger partial charge in [-0.15, -0.1) is 0 Å². The molecule has 2 N–H and O–H groups in total. The fraction of sp³-hybridized carbons (Fsp3) is 0.333. The van der Waals surface area contributed by atoms with Crippen LogP contribution < -0.4 is 15.4 Å². The molecule has 1 atom stereocenters. The topological polar surface area (TPSA) is 76.7 Å². The molecule has 2 aromatic rings. The van der Waals surface area contributed by atoms with E-state index in [2.05, 4.69) is 10.6 Å². The van der Waals surface area contributed by atoms with Crippen molar-refractivity contribution in [2.75, 3.05) is 25.1 Å². The Morgan fingerprint density at radius 3 is 2.63 bits per heavy atom. The standard InChI is InChI=1S/C21H24N2O4/c1-2-26-18-9-4-7-16(13-18)21(25)23-17-8-3-6-15(12-17)20(24)22-14-19-10-5-11-27-19/h3-4,6-9,12-13,19H,2,5,10-11,14H2,1H3,(H,22,24)(H,23,25). The first-order chi connectivity index (χ1) is 13.2. The predicted octanol–water partition coefficient (Wildman–Crippen LogP) is 3.25. The zero-order chi connectivity index (χ0) is 19.1. The zero-order valence-corrected chi connectivity index (χ0v) is 15.4. The molecule has 0 bridgehead atoms. The van der Waals surface area contributed by atoms with Gasteiger partial charge in [-0.2, -0.15) is 0 Å². The Labute approximate surface area is 158 Å². The normalized spacial score (nSPS) is 16.0. The van der Waals surface area contributed by atoms with Gasteiger partial charge in [0.25, 0.3) is 11.8 Å². The van der Waals surface area contributed by atoms with Crippen molar-refractivity contribution in [1.82, 2.24) is 5.32 Å². The van der Waals surface area contributed by atoms with Crippen LogP contribution in [-0.4, -0.2) is 37.7 Å². The van der Waals surface area contributed by atoms with Gasteiger partial charge in [0.15, 0.2) is 0 Å². The minimum absolute atomic E-state index is 0.0921. The quantitative estimate of drug-likeness (QED) is 0.787. The highest BCUT2D eigenvalue weighted by Crippen LogP contribution is 2.17. The fourth-order valence-electron chi connectivity index (χ4n) is 2.95. The summed E-state index contributed by atoms with van der Waals surface area (Å²) in [5.41, 5.74) is 1.55. The third kappa shape index (κ3) is 5.31. The second kappa shape index (κ2) is 9.19. The first-order valence-electron chi connectivity index (χ1n) is 9.20. The van der Waals surface area contributed by atoms with Gasteiger partial charge < -0.3 is 20.1 Å². The molecule has 27 heavy (non-hydrogen) atoms. The fourth-order valence-corrected chi connectivity index (χ4v) is 2.95. The SMILES string of the molecule is CCOc1cccc(C(=O)Nc2cccc(C(=O)NCC3CCCO3)c2)c1. The number of nitrogens with one attached hydrogen (secondary N) is 2. The largest absolute Gasteiger partial charge is 0.494 e. The van der Waals surface area contributed by atoms with E-state index in [0.29, 0.717) is 35.7 Å². The van der Waals surface area contributed by atoms with Gasteiger partial charge in [0.1, 0.15) is 5.75 Å². The summed E-state index contributed by atoms with van der Waals surface area (Å²) in [6.45, 7) is 3.68. The van der Waals surface area contributed by atoms with Crippen LogP contribution in [0, 0.1) is 0 Å². The van der Waals surface area contributed by atoms with Crippen molar-refractivity contribution in [2.45, 2.75) is 25.9 Å². The van der Waals surface area contributed by atoms with E-state index in [0.717, 1.165) is 19.4 Å². The van der Waals surface area contributed by atoms with Crippen LogP contribution in [0.1, 0.15) is 40.5 Å². The minimum atomic E-state index is -0.256. The molecule has 1 unspecified atom stereocenters. The number of rotatable bonds is 7. The Morgan fingerprint density at radius 1 is 1.11 bits per heavy atom. The molecule has 0 radical (unpaired) electrons. The number of amides is 2. The summed E-state index contributed by atoms with van der Waals surface area (Å²) in [5, 5.41) is 5.70. The van der Waals surface area contributed by atoms with Crippen LogP contribution in [0.15, 0.2) is 48.5 Å². The minimum Gasteiger partial charge on any atom is -0.494 e. The maximum Gasteiger partial charge on any atom is 0.255 e. The summed E-state index contributed by atoms with van der Waals surface area (Å²) in [5.74, 6) is 0.209.